The van der Waals surface area contributed by atoms with Crippen LogP contribution < -0.4 is 15.4 Å². The number of methoxy groups -OCH3 is 1. The van der Waals surface area contributed by atoms with E-state index in [4.69, 9.17) is 32.7 Å². The minimum absolute atomic E-state index is 0.138. The number of hydrogen-bond donors (Lipinski definition) is 2. The Morgan fingerprint density at radius 2 is 1.95 bits per heavy atom. The first kappa shape index (κ1) is 17.4. The van der Waals surface area contributed by atoms with Gasteiger partial charge < -0.3 is 20.1 Å². The Kier molecular flexibility index (Phi) is 7.71. The zero-order chi connectivity index (χ0) is 15.7. The lowest BCUT2D eigenvalue weighted by atomic mass is 10.2. The molecule has 2 N–H and O–H groups in total. The van der Waals surface area contributed by atoms with Crippen molar-refractivity contribution in [3.8, 4) is 5.75 Å². The molecule has 1 rings (SSSR count). The van der Waals surface area contributed by atoms with Crippen LogP contribution >= 0.6 is 23.2 Å². The van der Waals surface area contributed by atoms with Crippen LogP contribution in [0.15, 0.2) is 18.2 Å². The van der Waals surface area contributed by atoms with Gasteiger partial charge in [-0.05, 0) is 18.2 Å². The van der Waals surface area contributed by atoms with Gasteiger partial charge in [-0.2, -0.15) is 0 Å². The van der Waals surface area contributed by atoms with Gasteiger partial charge in [0.15, 0.2) is 0 Å². The van der Waals surface area contributed by atoms with Gasteiger partial charge in [0.05, 0.1) is 18.6 Å². The molecule has 6 nitrogen and oxygen atoms in total. The van der Waals surface area contributed by atoms with Crippen LogP contribution in [0.3, 0.4) is 0 Å². The van der Waals surface area contributed by atoms with Gasteiger partial charge in [0, 0.05) is 18.1 Å². The maximum atomic E-state index is 12.0. The Hall–Kier alpha value is -1.66. The number of carbonyl (C=O) groups excluding carboxylic acids is 2. The van der Waals surface area contributed by atoms with Crippen LogP contribution in [-0.2, 0) is 4.74 Å². The second kappa shape index (κ2) is 9.31. The Labute approximate surface area is 132 Å². The number of alkyl halides is 1. The Bertz CT molecular complexity index is 497. The van der Waals surface area contributed by atoms with Crippen molar-refractivity contribution in [2.45, 2.75) is 0 Å². The summed E-state index contributed by atoms with van der Waals surface area (Å²) in [6, 6.07) is 4.75. The van der Waals surface area contributed by atoms with E-state index >= 15 is 0 Å². The number of alkyl carbamates (subject to hydrolysis) is 1. The van der Waals surface area contributed by atoms with Gasteiger partial charge in [0.2, 0.25) is 0 Å². The van der Waals surface area contributed by atoms with Crippen LogP contribution in [0.25, 0.3) is 0 Å². The standard InChI is InChI=1S/C13H16Cl2N2O4/c1-20-11-3-2-9(15)8-10(11)12(18)16-5-6-17-13(19)21-7-4-14/h2-3,8H,4-7H2,1H3,(H,16,18)(H,17,19). The predicted octanol–water partition coefficient (Wildman–Crippen LogP) is 2.04. The molecule has 8 heteroatoms. The molecule has 1 aromatic carbocycles. The summed E-state index contributed by atoms with van der Waals surface area (Å²) in [5.41, 5.74) is 0.328. The topological polar surface area (TPSA) is 76.7 Å². The lowest BCUT2D eigenvalue weighted by Crippen LogP contribution is -2.35. The number of hydrogen-bond acceptors (Lipinski definition) is 4. The van der Waals surface area contributed by atoms with Crippen molar-refractivity contribution in [2.24, 2.45) is 0 Å². The van der Waals surface area contributed by atoms with Crippen molar-refractivity contribution in [2.75, 3.05) is 32.7 Å². The summed E-state index contributed by atoms with van der Waals surface area (Å²) >= 11 is 11.2. The second-order valence-electron chi connectivity index (χ2n) is 3.85. The maximum Gasteiger partial charge on any atom is 0.407 e. The van der Waals surface area contributed by atoms with E-state index in [0.29, 0.717) is 16.3 Å². The maximum absolute atomic E-state index is 12.0. The lowest BCUT2D eigenvalue weighted by molar-refractivity contribution is 0.0949. The van der Waals surface area contributed by atoms with Crippen molar-refractivity contribution in [1.29, 1.82) is 0 Å². The molecule has 0 aliphatic carbocycles. The molecule has 0 saturated carbocycles. The fourth-order valence-corrected chi connectivity index (χ4v) is 1.73. The minimum Gasteiger partial charge on any atom is -0.496 e. The summed E-state index contributed by atoms with van der Waals surface area (Å²) in [6.07, 6.45) is -0.578. The summed E-state index contributed by atoms with van der Waals surface area (Å²) < 4.78 is 9.79. The number of amides is 2. The zero-order valence-corrected chi connectivity index (χ0v) is 13.0. The Balaban J connectivity index is 2.41. The van der Waals surface area contributed by atoms with E-state index in [0.717, 1.165) is 0 Å². The smallest absolute Gasteiger partial charge is 0.407 e. The van der Waals surface area contributed by atoms with Gasteiger partial charge in [0.1, 0.15) is 12.4 Å². The highest BCUT2D eigenvalue weighted by Crippen LogP contribution is 2.22. The van der Waals surface area contributed by atoms with Crippen LogP contribution in [0.5, 0.6) is 5.75 Å². The molecule has 0 atom stereocenters. The molecule has 0 saturated heterocycles. The molecule has 0 bridgehead atoms. The fraction of sp³-hybridized carbons (Fsp3) is 0.385. The molecule has 0 aliphatic heterocycles. The average Bonchev–Trinajstić information content (AvgIpc) is 2.49. The van der Waals surface area contributed by atoms with Crippen molar-refractivity contribution in [1.82, 2.24) is 10.6 Å². The molecule has 0 fully saturated rings. The van der Waals surface area contributed by atoms with E-state index in [9.17, 15) is 9.59 Å². The third-order valence-corrected chi connectivity index (χ3v) is 2.79. The second-order valence-corrected chi connectivity index (χ2v) is 4.67. The molecule has 0 radical (unpaired) electrons. The zero-order valence-electron chi connectivity index (χ0n) is 11.4. The molecular weight excluding hydrogens is 319 g/mol. The highest BCUT2D eigenvalue weighted by Gasteiger charge is 2.12. The quantitative estimate of drug-likeness (QED) is 0.591. The van der Waals surface area contributed by atoms with E-state index in [1.54, 1.807) is 12.1 Å². The number of nitrogens with one attached hydrogen (secondary N) is 2. The molecule has 0 unspecified atom stereocenters. The highest BCUT2D eigenvalue weighted by atomic mass is 35.5. The molecule has 0 aromatic heterocycles. The van der Waals surface area contributed by atoms with E-state index in [1.807, 2.05) is 0 Å². The molecule has 116 valence electrons. The molecule has 0 heterocycles. The first-order valence-corrected chi connectivity index (χ1v) is 7.08. The van der Waals surface area contributed by atoms with Crippen molar-refractivity contribution >= 4 is 35.2 Å². The van der Waals surface area contributed by atoms with Crippen LogP contribution in [0, 0.1) is 0 Å². The Morgan fingerprint density at radius 3 is 2.62 bits per heavy atom. The third-order valence-electron chi connectivity index (χ3n) is 2.40. The molecule has 1 aromatic rings. The predicted molar refractivity (Wildman–Crippen MR) is 80.4 cm³/mol. The lowest BCUT2D eigenvalue weighted by Gasteiger charge is -2.10. The summed E-state index contributed by atoms with van der Waals surface area (Å²) in [6.45, 7) is 0.611. The molecule has 0 spiro atoms. The first-order chi connectivity index (χ1) is 10.1. The molecule has 2 amide bonds. The van der Waals surface area contributed by atoms with Gasteiger partial charge in [-0.25, -0.2) is 4.79 Å². The van der Waals surface area contributed by atoms with E-state index < -0.39 is 6.09 Å². The monoisotopic (exact) mass is 334 g/mol. The first-order valence-electron chi connectivity index (χ1n) is 6.16. The summed E-state index contributed by atoms with van der Waals surface area (Å²) in [5, 5.41) is 5.54. The highest BCUT2D eigenvalue weighted by molar-refractivity contribution is 6.31. The van der Waals surface area contributed by atoms with Crippen molar-refractivity contribution < 1.29 is 19.1 Å². The van der Waals surface area contributed by atoms with Crippen LogP contribution in [-0.4, -0.2) is 44.7 Å². The SMILES string of the molecule is COc1ccc(Cl)cc1C(=O)NCCNC(=O)OCCCl. The Morgan fingerprint density at radius 1 is 1.24 bits per heavy atom. The molecule has 21 heavy (non-hydrogen) atoms. The van der Waals surface area contributed by atoms with E-state index in [2.05, 4.69) is 10.6 Å². The number of ether oxygens (including phenoxy) is 2. The van der Waals surface area contributed by atoms with Gasteiger partial charge in [0.25, 0.3) is 5.91 Å². The summed E-state index contributed by atoms with van der Waals surface area (Å²) in [4.78, 5) is 23.1. The van der Waals surface area contributed by atoms with E-state index in [-0.39, 0.29) is 31.5 Å². The molecular formula is C13H16Cl2N2O4. The third kappa shape index (κ3) is 6.10. The van der Waals surface area contributed by atoms with Crippen LogP contribution in [0.4, 0.5) is 4.79 Å². The summed E-state index contributed by atoms with van der Waals surface area (Å²) in [5.74, 6) is 0.315. The number of benzene rings is 1. The summed E-state index contributed by atoms with van der Waals surface area (Å²) in [7, 11) is 1.47. The van der Waals surface area contributed by atoms with Gasteiger partial charge in [-0.15, -0.1) is 11.6 Å². The fourth-order valence-electron chi connectivity index (χ4n) is 1.48. The van der Waals surface area contributed by atoms with Gasteiger partial charge >= 0.3 is 6.09 Å². The van der Waals surface area contributed by atoms with Gasteiger partial charge in [-0.3, -0.25) is 4.79 Å². The number of rotatable bonds is 7. The van der Waals surface area contributed by atoms with Crippen molar-refractivity contribution in [3.05, 3.63) is 28.8 Å². The normalized spacial score (nSPS) is 9.86. The van der Waals surface area contributed by atoms with Crippen LogP contribution in [0.2, 0.25) is 5.02 Å². The van der Waals surface area contributed by atoms with Crippen molar-refractivity contribution in [3.63, 3.8) is 0 Å². The molecule has 0 aliphatic rings. The average molecular weight is 335 g/mol. The van der Waals surface area contributed by atoms with E-state index in [1.165, 1.54) is 13.2 Å². The minimum atomic E-state index is -0.578. The van der Waals surface area contributed by atoms with Crippen LogP contribution in [0.1, 0.15) is 10.4 Å². The van der Waals surface area contributed by atoms with Gasteiger partial charge in [-0.1, -0.05) is 11.6 Å². The largest absolute Gasteiger partial charge is 0.496 e. The number of halogens is 2. The number of carbonyl (C=O) groups is 2.